The highest BCUT2D eigenvalue weighted by atomic mass is 16.5. The van der Waals surface area contributed by atoms with Gasteiger partial charge < -0.3 is 15.4 Å². The zero-order valence-corrected chi connectivity index (χ0v) is 9.95. The number of nitrogens with zero attached hydrogens (tertiary/aromatic N) is 1. The Hall–Kier alpha value is -0.610. The van der Waals surface area contributed by atoms with Gasteiger partial charge in [0.05, 0.1) is 5.60 Å². The van der Waals surface area contributed by atoms with Crippen molar-refractivity contribution in [3.05, 3.63) is 0 Å². The minimum Gasteiger partial charge on any atom is -0.374 e. The molecule has 1 saturated heterocycles. The number of ether oxygens (including phenoxy) is 1. The number of rotatable bonds is 5. The van der Waals surface area contributed by atoms with E-state index < -0.39 is 0 Å². The zero-order chi connectivity index (χ0) is 11.5. The highest BCUT2D eigenvalue weighted by Gasteiger charge is 2.32. The maximum atomic E-state index is 11.6. The van der Waals surface area contributed by atoms with Gasteiger partial charge in [-0.2, -0.15) is 0 Å². The van der Waals surface area contributed by atoms with E-state index in [2.05, 4.69) is 0 Å². The summed E-state index contributed by atoms with van der Waals surface area (Å²) in [5.41, 5.74) is 5.31. The van der Waals surface area contributed by atoms with Gasteiger partial charge in [0.25, 0.3) is 0 Å². The van der Waals surface area contributed by atoms with Crippen LogP contribution in [0.25, 0.3) is 0 Å². The van der Waals surface area contributed by atoms with Crippen molar-refractivity contribution >= 4 is 5.91 Å². The Morgan fingerprint density at radius 1 is 1.60 bits per heavy atom. The molecule has 1 fully saturated rings. The number of likely N-dealkylation sites (tertiary alicyclic amines) is 1. The first-order chi connectivity index (χ1) is 6.98. The molecule has 1 atom stereocenters. The van der Waals surface area contributed by atoms with Crippen LogP contribution in [0.1, 0.15) is 27.2 Å². The summed E-state index contributed by atoms with van der Waals surface area (Å²) in [7, 11) is 0. The molecule has 0 spiro atoms. The summed E-state index contributed by atoms with van der Waals surface area (Å²) in [5, 5.41) is 0. The Kier molecular flexibility index (Phi) is 4.11. The number of nitrogens with two attached hydrogens (primary N) is 1. The highest BCUT2D eigenvalue weighted by Crippen LogP contribution is 2.20. The molecule has 88 valence electrons. The molecule has 1 rings (SSSR count). The van der Waals surface area contributed by atoms with E-state index in [1.165, 1.54) is 0 Å². The first kappa shape index (κ1) is 12.5. The Morgan fingerprint density at radius 2 is 2.27 bits per heavy atom. The van der Waals surface area contributed by atoms with Gasteiger partial charge in [-0.25, -0.2) is 0 Å². The smallest absolute Gasteiger partial charge is 0.223 e. The average Bonchev–Trinajstić information content (AvgIpc) is 2.46. The van der Waals surface area contributed by atoms with Crippen LogP contribution >= 0.6 is 0 Å². The van der Waals surface area contributed by atoms with Gasteiger partial charge >= 0.3 is 0 Å². The summed E-state index contributed by atoms with van der Waals surface area (Å²) in [6.45, 7) is 8.71. The van der Waals surface area contributed by atoms with E-state index in [4.69, 9.17) is 10.5 Å². The van der Waals surface area contributed by atoms with Crippen LogP contribution in [-0.4, -0.2) is 42.6 Å². The minimum atomic E-state index is -0.256. The average molecular weight is 214 g/mol. The van der Waals surface area contributed by atoms with E-state index in [-0.39, 0.29) is 11.5 Å². The molecule has 1 amide bonds. The standard InChI is InChI=1S/C11H22N2O2/c1-4-15-11(2,3)8-13-7-9(6-12)5-10(13)14/h9H,4-8,12H2,1-3H3. The number of hydrogen-bond donors (Lipinski definition) is 1. The summed E-state index contributed by atoms with van der Waals surface area (Å²) in [4.78, 5) is 13.5. The van der Waals surface area contributed by atoms with Crippen LogP contribution < -0.4 is 5.73 Å². The molecule has 0 aromatic rings. The molecule has 0 aliphatic carbocycles. The van der Waals surface area contributed by atoms with Gasteiger partial charge in [0.15, 0.2) is 0 Å². The van der Waals surface area contributed by atoms with E-state index in [1.54, 1.807) is 0 Å². The Bertz CT molecular complexity index is 229. The van der Waals surface area contributed by atoms with Crippen LogP contribution in [0.4, 0.5) is 0 Å². The second-order valence-corrected chi connectivity index (χ2v) is 4.77. The molecule has 0 radical (unpaired) electrons. The third kappa shape index (κ3) is 3.47. The minimum absolute atomic E-state index is 0.207. The largest absolute Gasteiger partial charge is 0.374 e. The lowest BCUT2D eigenvalue weighted by Gasteiger charge is -2.30. The van der Waals surface area contributed by atoms with Crippen molar-refractivity contribution in [1.82, 2.24) is 4.90 Å². The molecule has 4 heteroatoms. The molecule has 1 heterocycles. The highest BCUT2D eigenvalue weighted by molar-refractivity contribution is 5.78. The number of hydrogen-bond acceptors (Lipinski definition) is 3. The molecular formula is C11H22N2O2. The maximum absolute atomic E-state index is 11.6. The molecule has 0 aromatic heterocycles. The second-order valence-electron chi connectivity index (χ2n) is 4.77. The van der Waals surface area contributed by atoms with Crippen molar-refractivity contribution in [2.45, 2.75) is 32.8 Å². The number of carbonyl (C=O) groups excluding carboxylic acids is 1. The lowest BCUT2D eigenvalue weighted by Crippen LogP contribution is -2.41. The van der Waals surface area contributed by atoms with Gasteiger partial charge in [0.1, 0.15) is 0 Å². The van der Waals surface area contributed by atoms with Crippen molar-refractivity contribution < 1.29 is 9.53 Å². The maximum Gasteiger partial charge on any atom is 0.223 e. The number of amides is 1. The first-order valence-corrected chi connectivity index (χ1v) is 5.60. The molecule has 1 unspecified atom stereocenters. The topological polar surface area (TPSA) is 55.6 Å². The third-order valence-corrected chi connectivity index (χ3v) is 2.73. The fourth-order valence-electron chi connectivity index (χ4n) is 2.06. The Labute approximate surface area is 91.8 Å². The molecule has 2 N–H and O–H groups in total. The predicted octanol–water partition coefficient (Wildman–Crippen LogP) is 0.609. The van der Waals surface area contributed by atoms with Gasteiger partial charge in [0.2, 0.25) is 5.91 Å². The Balaban J connectivity index is 2.48. The van der Waals surface area contributed by atoms with E-state index in [0.29, 0.717) is 32.0 Å². The molecule has 0 bridgehead atoms. The van der Waals surface area contributed by atoms with Crippen LogP contribution in [0.5, 0.6) is 0 Å². The van der Waals surface area contributed by atoms with Crippen LogP contribution in [0, 0.1) is 5.92 Å². The predicted molar refractivity (Wildman–Crippen MR) is 59.4 cm³/mol. The van der Waals surface area contributed by atoms with Gasteiger partial charge in [-0.1, -0.05) is 0 Å². The molecular weight excluding hydrogens is 192 g/mol. The molecule has 1 aliphatic rings. The monoisotopic (exact) mass is 214 g/mol. The fourth-order valence-corrected chi connectivity index (χ4v) is 2.06. The van der Waals surface area contributed by atoms with Gasteiger partial charge in [-0.15, -0.1) is 0 Å². The Morgan fingerprint density at radius 3 is 2.73 bits per heavy atom. The van der Waals surface area contributed by atoms with E-state index >= 15 is 0 Å². The molecule has 15 heavy (non-hydrogen) atoms. The number of carbonyl (C=O) groups is 1. The van der Waals surface area contributed by atoms with E-state index in [0.717, 1.165) is 6.54 Å². The fraction of sp³-hybridized carbons (Fsp3) is 0.909. The quantitative estimate of drug-likeness (QED) is 0.729. The summed E-state index contributed by atoms with van der Waals surface area (Å²) >= 11 is 0. The SMILES string of the molecule is CCOC(C)(C)CN1CC(CN)CC1=O. The van der Waals surface area contributed by atoms with Crippen molar-refractivity contribution in [2.24, 2.45) is 11.7 Å². The summed E-state index contributed by atoms with van der Waals surface area (Å²) < 4.78 is 5.58. The van der Waals surface area contributed by atoms with E-state index in [9.17, 15) is 4.79 Å². The summed E-state index contributed by atoms with van der Waals surface area (Å²) in [6.07, 6.45) is 0.596. The van der Waals surface area contributed by atoms with Gasteiger partial charge in [-0.05, 0) is 33.2 Å². The summed E-state index contributed by atoms with van der Waals surface area (Å²) in [5.74, 6) is 0.535. The van der Waals surface area contributed by atoms with Gasteiger partial charge in [0, 0.05) is 26.1 Å². The normalized spacial score (nSPS) is 22.5. The first-order valence-electron chi connectivity index (χ1n) is 5.60. The van der Waals surface area contributed by atoms with Crippen LogP contribution in [0.2, 0.25) is 0 Å². The van der Waals surface area contributed by atoms with Crippen LogP contribution in [-0.2, 0) is 9.53 Å². The molecule has 0 aromatic carbocycles. The van der Waals surface area contributed by atoms with Crippen molar-refractivity contribution in [3.63, 3.8) is 0 Å². The van der Waals surface area contributed by atoms with Crippen molar-refractivity contribution in [2.75, 3.05) is 26.2 Å². The van der Waals surface area contributed by atoms with E-state index in [1.807, 2.05) is 25.7 Å². The molecule has 0 saturated carbocycles. The molecule has 4 nitrogen and oxygen atoms in total. The third-order valence-electron chi connectivity index (χ3n) is 2.73. The molecule has 1 aliphatic heterocycles. The van der Waals surface area contributed by atoms with Crippen LogP contribution in [0.3, 0.4) is 0 Å². The van der Waals surface area contributed by atoms with Crippen molar-refractivity contribution in [3.8, 4) is 0 Å². The van der Waals surface area contributed by atoms with Crippen LogP contribution in [0.15, 0.2) is 0 Å². The lowest BCUT2D eigenvalue weighted by atomic mass is 10.1. The van der Waals surface area contributed by atoms with Crippen molar-refractivity contribution in [1.29, 1.82) is 0 Å². The lowest BCUT2D eigenvalue weighted by molar-refractivity contribution is -0.131. The summed E-state index contributed by atoms with van der Waals surface area (Å²) in [6, 6.07) is 0. The zero-order valence-electron chi connectivity index (χ0n) is 9.95. The second kappa shape index (κ2) is 4.94. The van der Waals surface area contributed by atoms with Gasteiger partial charge in [-0.3, -0.25) is 4.79 Å².